The molecule has 1 aliphatic heterocycles. The van der Waals surface area contributed by atoms with Crippen molar-refractivity contribution in [3.63, 3.8) is 0 Å². The van der Waals surface area contributed by atoms with Crippen molar-refractivity contribution in [1.82, 2.24) is 15.0 Å². The maximum absolute atomic E-state index is 5.37. The van der Waals surface area contributed by atoms with Crippen LogP contribution in [-0.2, 0) is 4.74 Å². The van der Waals surface area contributed by atoms with Gasteiger partial charge in [-0.15, -0.1) is 0 Å². The highest BCUT2D eigenvalue weighted by Gasteiger charge is 2.16. The molecule has 0 radical (unpaired) electrons. The molecule has 7 heteroatoms. The Morgan fingerprint density at radius 1 is 1.10 bits per heavy atom. The van der Waals surface area contributed by atoms with Gasteiger partial charge in [0, 0.05) is 25.0 Å². The van der Waals surface area contributed by atoms with Crippen LogP contribution in [0.15, 0.2) is 40.4 Å². The molecular formula is C14H17N5OS. The lowest BCUT2D eigenvalue weighted by Crippen LogP contribution is -2.37. The minimum Gasteiger partial charge on any atom is -0.378 e. The Morgan fingerprint density at radius 3 is 2.57 bits per heavy atom. The Labute approximate surface area is 128 Å². The summed E-state index contributed by atoms with van der Waals surface area (Å²) in [6.07, 6.45) is 0. The zero-order valence-corrected chi connectivity index (χ0v) is 12.6. The predicted octanol–water partition coefficient (Wildman–Crippen LogP) is 1.90. The fourth-order valence-electron chi connectivity index (χ4n) is 2.00. The summed E-state index contributed by atoms with van der Waals surface area (Å²) in [5.41, 5.74) is 0. The van der Waals surface area contributed by atoms with Gasteiger partial charge >= 0.3 is 0 Å². The molecule has 6 nitrogen and oxygen atoms in total. The number of hydrogen-bond acceptors (Lipinski definition) is 7. The Balaban J connectivity index is 1.85. The van der Waals surface area contributed by atoms with E-state index in [2.05, 4.69) is 25.2 Å². The summed E-state index contributed by atoms with van der Waals surface area (Å²) in [5, 5.41) is 3.70. The van der Waals surface area contributed by atoms with Crippen LogP contribution < -0.4 is 10.2 Å². The first-order chi connectivity index (χ1) is 10.3. The molecule has 3 rings (SSSR count). The van der Waals surface area contributed by atoms with E-state index in [0.29, 0.717) is 30.3 Å². The average Bonchev–Trinajstić information content (AvgIpc) is 2.56. The SMILES string of the molecule is CNc1nc(Sc2ccccc2)nc(N2CCOCC2)n1. The smallest absolute Gasteiger partial charge is 0.231 e. The molecule has 0 atom stereocenters. The largest absolute Gasteiger partial charge is 0.378 e. The number of nitrogens with one attached hydrogen (secondary N) is 1. The standard InChI is InChI=1S/C14H17N5OS/c1-15-12-16-13(19-7-9-20-10-8-19)18-14(17-12)21-11-5-3-2-4-6-11/h2-6H,7-10H2,1H3,(H,15,16,17,18). The van der Waals surface area contributed by atoms with Gasteiger partial charge in [0.05, 0.1) is 13.2 Å². The van der Waals surface area contributed by atoms with Crippen molar-refractivity contribution in [2.24, 2.45) is 0 Å². The minimum absolute atomic E-state index is 0.588. The molecule has 1 aliphatic rings. The summed E-state index contributed by atoms with van der Waals surface area (Å²) in [5.74, 6) is 1.29. The van der Waals surface area contributed by atoms with E-state index in [1.807, 2.05) is 37.4 Å². The first kappa shape index (κ1) is 14.1. The van der Waals surface area contributed by atoms with Crippen LogP contribution in [0.2, 0.25) is 0 Å². The van der Waals surface area contributed by atoms with E-state index in [9.17, 15) is 0 Å². The molecule has 0 spiro atoms. The number of anilines is 2. The number of hydrogen-bond donors (Lipinski definition) is 1. The Hall–Kier alpha value is -1.86. The number of ether oxygens (including phenoxy) is 1. The molecule has 1 aromatic carbocycles. The number of rotatable bonds is 4. The molecule has 2 aromatic rings. The molecule has 2 heterocycles. The quantitative estimate of drug-likeness (QED) is 0.925. The van der Waals surface area contributed by atoms with E-state index in [4.69, 9.17) is 4.74 Å². The van der Waals surface area contributed by atoms with E-state index in [1.165, 1.54) is 11.8 Å². The predicted molar refractivity (Wildman–Crippen MR) is 83.0 cm³/mol. The molecule has 0 saturated carbocycles. The van der Waals surface area contributed by atoms with E-state index in [0.717, 1.165) is 18.0 Å². The molecule has 0 bridgehead atoms. The minimum atomic E-state index is 0.588. The second-order valence-electron chi connectivity index (χ2n) is 4.51. The second kappa shape index (κ2) is 6.73. The lowest BCUT2D eigenvalue weighted by Gasteiger charge is -2.26. The molecule has 1 N–H and O–H groups in total. The molecule has 0 unspecified atom stereocenters. The first-order valence-electron chi connectivity index (χ1n) is 6.84. The normalized spacial score (nSPS) is 15.0. The van der Waals surface area contributed by atoms with Gasteiger partial charge in [0.15, 0.2) is 5.16 Å². The average molecular weight is 303 g/mol. The van der Waals surface area contributed by atoms with Crippen molar-refractivity contribution >= 4 is 23.7 Å². The Bertz CT molecular complexity index is 589. The van der Waals surface area contributed by atoms with Crippen molar-refractivity contribution in [3.8, 4) is 0 Å². The first-order valence-corrected chi connectivity index (χ1v) is 7.66. The van der Waals surface area contributed by atoms with Crippen LogP contribution in [0.5, 0.6) is 0 Å². The van der Waals surface area contributed by atoms with Crippen LogP contribution in [-0.4, -0.2) is 48.3 Å². The summed E-state index contributed by atoms with van der Waals surface area (Å²) in [7, 11) is 1.81. The molecule has 1 aromatic heterocycles. The summed E-state index contributed by atoms with van der Waals surface area (Å²) < 4.78 is 5.37. The molecule has 1 fully saturated rings. The highest BCUT2D eigenvalue weighted by Crippen LogP contribution is 2.26. The highest BCUT2D eigenvalue weighted by molar-refractivity contribution is 7.99. The Kier molecular flexibility index (Phi) is 4.52. The molecule has 1 saturated heterocycles. The van der Waals surface area contributed by atoms with Gasteiger partial charge in [0.2, 0.25) is 11.9 Å². The number of nitrogens with zero attached hydrogens (tertiary/aromatic N) is 4. The van der Waals surface area contributed by atoms with Gasteiger partial charge in [0.1, 0.15) is 0 Å². The van der Waals surface area contributed by atoms with E-state index in [-0.39, 0.29) is 0 Å². The topological polar surface area (TPSA) is 63.2 Å². The zero-order chi connectivity index (χ0) is 14.5. The zero-order valence-electron chi connectivity index (χ0n) is 11.8. The summed E-state index contributed by atoms with van der Waals surface area (Å²) >= 11 is 1.54. The van der Waals surface area contributed by atoms with Gasteiger partial charge in [-0.3, -0.25) is 0 Å². The number of benzene rings is 1. The second-order valence-corrected chi connectivity index (χ2v) is 5.55. The van der Waals surface area contributed by atoms with Crippen molar-refractivity contribution in [1.29, 1.82) is 0 Å². The molecule has 0 amide bonds. The van der Waals surface area contributed by atoms with Crippen LogP contribution in [0.1, 0.15) is 0 Å². The van der Waals surface area contributed by atoms with Crippen molar-refractivity contribution in [2.75, 3.05) is 43.6 Å². The van der Waals surface area contributed by atoms with Gasteiger partial charge < -0.3 is 15.0 Å². The van der Waals surface area contributed by atoms with Gasteiger partial charge in [0.25, 0.3) is 0 Å². The van der Waals surface area contributed by atoms with Crippen LogP contribution >= 0.6 is 11.8 Å². The third-order valence-corrected chi connectivity index (χ3v) is 3.95. The van der Waals surface area contributed by atoms with Gasteiger partial charge in [-0.25, -0.2) is 0 Å². The fraction of sp³-hybridized carbons (Fsp3) is 0.357. The van der Waals surface area contributed by atoms with Crippen molar-refractivity contribution < 1.29 is 4.74 Å². The van der Waals surface area contributed by atoms with Gasteiger partial charge in [-0.05, 0) is 23.9 Å². The third-order valence-electron chi connectivity index (χ3n) is 3.07. The maximum Gasteiger partial charge on any atom is 0.231 e. The van der Waals surface area contributed by atoms with Crippen molar-refractivity contribution in [2.45, 2.75) is 10.1 Å². The number of morpholine rings is 1. The summed E-state index contributed by atoms with van der Waals surface area (Å²) in [4.78, 5) is 16.7. The highest BCUT2D eigenvalue weighted by atomic mass is 32.2. The van der Waals surface area contributed by atoms with Crippen LogP contribution in [0.3, 0.4) is 0 Å². The summed E-state index contributed by atoms with van der Waals surface area (Å²) in [6.45, 7) is 3.04. The van der Waals surface area contributed by atoms with E-state index in [1.54, 1.807) is 0 Å². The fourth-order valence-corrected chi connectivity index (χ4v) is 2.77. The maximum atomic E-state index is 5.37. The number of aromatic nitrogens is 3. The molecular weight excluding hydrogens is 286 g/mol. The van der Waals surface area contributed by atoms with E-state index < -0.39 is 0 Å². The van der Waals surface area contributed by atoms with Crippen LogP contribution in [0.25, 0.3) is 0 Å². The monoisotopic (exact) mass is 303 g/mol. The lowest BCUT2D eigenvalue weighted by molar-refractivity contribution is 0.122. The van der Waals surface area contributed by atoms with E-state index >= 15 is 0 Å². The summed E-state index contributed by atoms with van der Waals surface area (Å²) in [6, 6.07) is 10.1. The van der Waals surface area contributed by atoms with Crippen LogP contribution in [0.4, 0.5) is 11.9 Å². The molecule has 0 aliphatic carbocycles. The molecule has 110 valence electrons. The van der Waals surface area contributed by atoms with Gasteiger partial charge in [-0.2, -0.15) is 15.0 Å². The third kappa shape index (κ3) is 3.62. The van der Waals surface area contributed by atoms with Gasteiger partial charge in [-0.1, -0.05) is 18.2 Å². The molecule has 21 heavy (non-hydrogen) atoms. The van der Waals surface area contributed by atoms with Crippen molar-refractivity contribution in [3.05, 3.63) is 30.3 Å². The van der Waals surface area contributed by atoms with Crippen LogP contribution in [0, 0.1) is 0 Å². The lowest BCUT2D eigenvalue weighted by atomic mass is 10.4. The Morgan fingerprint density at radius 2 is 1.86 bits per heavy atom.